The number of rotatable bonds is 6. The van der Waals surface area contributed by atoms with Gasteiger partial charge < -0.3 is 10.1 Å². The summed E-state index contributed by atoms with van der Waals surface area (Å²) in [6.07, 6.45) is 5.31. The molecule has 6 nitrogen and oxygen atoms in total. The minimum atomic E-state index is -0.807. The molecule has 2 atom stereocenters. The summed E-state index contributed by atoms with van der Waals surface area (Å²) in [7, 11) is 0.488. The number of anilines is 1. The molecule has 0 aliphatic rings. The molecule has 7 heteroatoms. The summed E-state index contributed by atoms with van der Waals surface area (Å²) < 4.78 is 15.5. The fraction of sp³-hybridized carbons (Fsp3) is 0.545. The van der Waals surface area contributed by atoms with Crippen molar-refractivity contribution in [3.8, 4) is 0 Å². The maximum atomic E-state index is 11.3. The van der Waals surface area contributed by atoms with Crippen molar-refractivity contribution >= 4 is 22.6 Å². The van der Waals surface area contributed by atoms with Crippen LogP contribution in [0.25, 0.3) is 0 Å². The molecule has 0 spiro atoms. The van der Waals surface area contributed by atoms with Crippen molar-refractivity contribution in [3.05, 3.63) is 18.1 Å². The van der Waals surface area contributed by atoms with E-state index in [0.717, 1.165) is 6.42 Å². The monoisotopic (exact) mass is 271 g/mol. The van der Waals surface area contributed by atoms with E-state index in [2.05, 4.69) is 20.0 Å². The lowest BCUT2D eigenvalue weighted by Crippen LogP contribution is -2.19. The van der Waals surface area contributed by atoms with Crippen molar-refractivity contribution in [2.45, 2.75) is 19.4 Å². The largest absolute Gasteiger partial charge is 0.464 e. The molecule has 0 saturated carbocycles. The van der Waals surface area contributed by atoms with Gasteiger partial charge in [0.2, 0.25) is 0 Å². The molecule has 100 valence electrons. The lowest BCUT2D eigenvalue weighted by molar-refractivity contribution is 0.0593. The first kappa shape index (κ1) is 14.6. The fourth-order valence-corrected chi connectivity index (χ4v) is 1.99. The Kier molecular flexibility index (Phi) is 5.70. The van der Waals surface area contributed by atoms with E-state index < -0.39 is 16.8 Å². The molecular weight excluding hydrogens is 254 g/mol. The van der Waals surface area contributed by atoms with Gasteiger partial charge in [0.1, 0.15) is 5.82 Å². The number of methoxy groups -OCH3 is 1. The highest BCUT2D eigenvalue weighted by Gasteiger charge is 2.10. The number of carbonyl (C=O) groups excluding carboxylic acids is 1. The molecule has 0 saturated heterocycles. The first-order valence-corrected chi connectivity index (χ1v) is 7.22. The summed E-state index contributed by atoms with van der Waals surface area (Å²) in [6, 6.07) is 0.107. The number of carbonyl (C=O) groups is 1. The lowest BCUT2D eigenvalue weighted by Gasteiger charge is -2.13. The molecule has 0 aliphatic carbocycles. The maximum absolute atomic E-state index is 11.3. The molecule has 1 rings (SSSR count). The van der Waals surface area contributed by atoms with Crippen molar-refractivity contribution in [1.82, 2.24) is 9.97 Å². The van der Waals surface area contributed by atoms with Crippen LogP contribution >= 0.6 is 0 Å². The second-order valence-electron chi connectivity index (χ2n) is 3.89. The Labute approximate surface area is 109 Å². The third-order valence-electron chi connectivity index (χ3n) is 2.26. The zero-order chi connectivity index (χ0) is 13.5. The van der Waals surface area contributed by atoms with Crippen LogP contribution in [0.2, 0.25) is 0 Å². The van der Waals surface area contributed by atoms with Crippen LogP contribution in [0.4, 0.5) is 5.82 Å². The molecule has 0 bridgehead atoms. The molecule has 2 unspecified atom stereocenters. The second kappa shape index (κ2) is 7.05. The smallest absolute Gasteiger partial charge is 0.358 e. The Morgan fingerprint density at radius 2 is 2.28 bits per heavy atom. The van der Waals surface area contributed by atoms with E-state index in [1.54, 1.807) is 6.26 Å². The van der Waals surface area contributed by atoms with Crippen LogP contribution in [-0.2, 0) is 15.5 Å². The Morgan fingerprint density at radius 1 is 1.56 bits per heavy atom. The maximum Gasteiger partial charge on any atom is 0.358 e. The Balaban J connectivity index is 2.61. The normalized spacial score (nSPS) is 13.7. The summed E-state index contributed by atoms with van der Waals surface area (Å²) in [5, 5.41) is 3.10. The van der Waals surface area contributed by atoms with Crippen molar-refractivity contribution in [2.75, 3.05) is 24.4 Å². The predicted molar refractivity (Wildman–Crippen MR) is 70.0 cm³/mol. The second-order valence-corrected chi connectivity index (χ2v) is 5.45. The molecule has 0 fully saturated rings. The number of hydrogen-bond acceptors (Lipinski definition) is 6. The summed E-state index contributed by atoms with van der Waals surface area (Å²) in [6.45, 7) is 1.96. The average Bonchev–Trinajstić information content (AvgIpc) is 2.35. The van der Waals surface area contributed by atoms with Crippen LogP contribution in [0.3, 0.4) is 0 Å². The van der Waals surface area contributed by atoms with Gasteiger partial charge in [-0.05, 0) is 13.3 Å². The first-order chi connectivity index (χ1) is 8.52. The van der Waals surface area contributed by atoms with E-state index in [1.165, 1.54) is 19.5 Å². The molecule has 1 heterocycles. The van der Waals surface area contributed by atoms with Crippen molar-refractivity contribution < 1.29 is 13.7 Å². The summed E-state index contributed by atoms with van der Waals surface area (Å²) in [5.41, 5.74) is 0.161. The summed E-state index contributed by atoms with van der Waals surface area (Å²) in [4.78, 5) is 19.3. The Hall–Kier alpha value is -1.50. The van der Waals surface area contributed by atoms with Crippen LogP contribution < -0.4 is 5.32 Å². The van der Waals surface area contributed by atoms with Crippen molar-refractivity contribution in [3.63, 3.8) is 0 Å². The van der Waals surface area contributed by atoms with Crippen LogP contribution in [0, 0.1) is 0 Å². The van der Waals surface area contributed by atoms with Gasteiger partial charge in [-0.15, -0.1) is 0 Å². The molecule has 0 aromatic carbocycles. The zero-order valence-corrected chi connectivity index (χ0v) is 11.5. The number of nitrogens with zero attached hydrogens (tertiary/aromatic N) is 2. The molecule has 0 radical (unpaired) electrons. The van der Waals surface area contributed by atoms with Crippen LogP contribution in [0.15, 0.2) is 12.4 Å². The number of aromatic nitrogens is 2. The molecule has 0 amide bonds. The third kappa shape index (κ3) is 4.79. The van der Waals surface area contributed by atoms with E-state index >= 15 is 0 Å². The van der Waals surface area contributed by atoms with Crippen molar-refractivity contribution in [2.24, 2.45) is 0 Å². The predicted octanol–water partition coefficient (Wildman–Crippen LogP) is 0.832. The standard InChI is InChI=1S/C11H17N3O3S/c1-8(4-5-18(3)16)13-10-7-12-6-9(14-10)11(15)17-2/h6-8H,4-5H2,1-3H3,(H,13,14). The molecule has 18 heavy (non-hydrogen) atoms. The average molecular weight is 271 g/mol. The van der Waals surface area contributed by atoms with E-state index in [0.29, 0.717) is 11.6 Å². The fourth-order valence-electron chi connectivity index (χ4n) is 1.31. The first-order valence-electron chi connectivity index (χ1n) is 5.50. The van der Waals surface area contributed by atoms with E-state index in [9.17, 15) is 9.00 Å². The van der Waals surface area contributed by atoms with Gasteiger partial charge in [0.05, 0.1) is 19.5 Å². The highest BCUT2D eigenvalue weighted by Crippen LogP contribution is 2.07. The van der Waals surface area contributed by atoms with Gasteiger partial charge in [-0.25, -0.2) is 9.78 Å². The number of nitrogens with one attached hydrogen (secondary N) is 1. The van der Waals surface area contributed by atoms with Crippen LogP contribution in [0.1, 0.15) is 23.8 Å². The molecular formula is C11H17N3O3S. The van der Waals surface area contributed by atoms with Gasteiger partial charge in [-0.2, -0.15) is 0 Å². The SMILES string of the molecule is COC(=O)c1cncc(NC(C)CCS(C)=O)n1. The molecule has 1 N–H and O–H groups in total. The quantitative estimate of drug-likeness (QED) is 0.772. The minimum absolute atomic E-state index is 0.107. The van der Waals surface area contributed by atoms with Gasteiger partial charge in [-0.1, -0.05) is 0 Å². The van der Waals surface area contributed by atoms with Gasteiger partial charge in [-0.3, -0.25) is 9.19 Å². The summed E-state index contributed by atoms with van der Waals surface area (Å²) >= 11 is 0. The van der Waals surface area contributed by atoms with Crippen molar-refractivity contribution in [1.29, 1.82) is 0 Å². The number of hydrogen-bond donors (Lipinski definition) is 1. The van der Waals surface area contributed by atoms with E-state index in [4.69, 9.17) is 0 Å². The van der Waals surface area contributed by atoms with Gasteiger partial charge >= 0.3 is 5.97 Å². The van der Waals surface area contributed by atoms with Gasteiger partial charge in [0.15, 0.2) is 5.69 Å². The lowest BCUT2D eigenvalue weighted by atomic mass is 10.2. The third-order valence-corrected chi connectivity index (χ3v) is 3.07. The molecule has 1 aromatic heterocycles. The Bertz CT molecular complexity index is 439. The zero-order valence-electron chi connectivity index (χ0n) is 10.7. The van der Waals surface area contributed by atoms with Gasteiger partial charge in [0, 0.05) is 28.9 Å². The molecule has 1 aromatic rings. The number of esters is 1. The highest BCUT2D eigenvalue weighted by atomic mass is 32.2. The van der Waals surface area contributed by atoms with E-state index in [1.807, 2.05) is 6.92 Å². The summed E-state index contributed by atoms with van der Waals surface area (Å²) in [5.74, 6) is 0.610. The van der Waals surface area contributed by atoms with E-state index in [-0.39, 0.29) is 11.7 Å². The van der Waals surface area contributed by atoms with Gasteiger partial charge in [0.25, 0.3) is 0 Å². The number of ether oxygens (including phenoxy) is 1. The molecule has 0 aliphatic heterocycles. The van der Waals surface area contributed by atoms with Crippen LogP contribution in [0.5, 0.6) is 0 Å². The highest BCUT2D eigenvalue weighted by molar-refractivity contribution is 7.84. The topological polar surface area (TPSA) is 81.2 Å². The van der Waals surface area contributed by atoms with Crippen LogP contribution in [-0.4, -0.2) is 45.3 Å². The minimum Gasteiger partial charge on any atom is -0.464 e. The Morgan fingerprint density at radius 3 is 2.89 bits per heavy atom.